The first-order valence-corrected chi connectivity index (χ1v) is 6.53. The van der Waals surface area contributed by atoms with Crippen molar-refractivity contribution in [2.45, 2.75) is 33.7 Å². The van der Waals surface area contributed by atoms with Crippen LogP contribution < -0.4 is 5.32 Å². The largest absolute Gasteiger partial charge is 0.466 e. The standard InChI is InChI=1S/C16H18FNO2/c1-9-6-5-7-13(15(9)17)16(19)18-11(3)14-8-10(2)20-12(14)4/h5-8,11H,1-4H3,(H,18,19). The molecule has 106 valence electrons. The Labute approximate surface area is 117 Å². The normalized spacial score (nSPS) is 12.2. The number of nitrogens with one attached hydrogen (secondary N) is 1. The summed E-state index contributed by atoms with van der Waals surface area (Å²) < 4.78 is 19.3. The van der Waals surface area contributed by atoms with Crippen LogP contribution >= 0.6 is 0 Å². The molecule has 1 atom stereocenters. The number of carbonyl (C=O) groups excluding carboxylic acids is 1. The first kappa shape index (κ1) is 14.3. The third-order valence-electron chi connectivity index (χ3n) is 3.33. The van der Waals surface area contributed by atoms with Gasteiger partial charge in [0.15, 0.2) is 0 Å². The van der Waals surface area contributed by atoms with E-state index in [1.54, 1.807) is 19.1 Å². The molecule has 0 aliphatic rings. The van der Waals surface area contributed by atoms with E-state index in [0.717, 1.165) is 17.1 Å². The predicted molar refractivity (Wildman–Crippen MR) is 75.2 cm³/mol. The number of furan rings is 1. The number of halogens is 1. The van der Waals surface area contributed by atoms with E-state index < -0.39 is 11.7 Å². The van der Waals surface area contributed by atoms with Gasteiger partial charge in [-0.1, -0.05) is 12.1 Å². The zero-order valence-corrected chi connectivity index (χ0v) is 12.1. The molecule has 0 spiro atoms. The fourth-order valence-electron chi connectivity index (χ4n) is 2.26. The molecule has 1 amide bonds. The second-order valence-corrected chi connectivity index (χ2v) is 5.00. The smallest absolute Gasteiger partial charge is 0.254 e. The van der Waals surface area contributed by atoms with Gasteiger partial charge in [-0.3, -0.25) is 4.79 Å². The zero-order valence-electron chi connectivity index (χ0n) is 12.1. The zero-order chi connectivity index (χ0) is 14.9. The quantitative estimate of drug-likeness (QED) is 0.924. The Morgan fingerprint density at radius 1 is 1.30 bits per heavy atom. The summed E-state index contributed by atoms with van der Waals surface area (Å²) in [4.78, 5) is 12.1. The van der Waals surface area contributed by atoms with Crippen molar-refractivity contribution >= 4 is 5.91 Å². The molecular weight excluding hydrogens is 257 g/mol. The van der Waals surface area contributed by atoms with E-state index in [2.05, 4.69) is 5.32 Å². The van der Waals surface area contributed by atoms with Crippen LogP contribution in [0.1, 0.15) is 46.0 Å². The minimum atomic E-state index is -0.475. The van der Waals surface area contributed by atoms with Gasteiger partial charge >= 0.3 is 0 Å². The monoisotopic (exact) mass is 275 g/mol. The van der Waals surface area contributed by atoms with Crippen molar-refractivity contribution in [3.63, 3.8) is 0 Å². The van der Waals surface area contributed by atoms with Crippen molar-refractivity contribution in [1.82, 2.24) is 5.32 Å². The molecule has 4 heteroatoms. The van der Waals surface area contributed by atoms with Gasteiger partial charge in [0.05, 0.1) is 11.6 Å². The summed E-state index contributed by atoms with van der Waals surface area (Å²) in [5, 5.41) is 2.80. The highest BCUT2D eigenvalue weighted by atomic mass is 19.1. The van der Waals surface area contributed by atoms with E-state index in [0.29, 0.717) is 5.56 Å². The molecule has 0 radical (unpaired) electrons. The summed E-state index contributed by atoms with van der Waals surface area (Å²) in [5.74, 6) is 0.662. The summed E-state index contributed by atoms with van der Waals surface area (Å²) >= 11 is 0. The molecule has 1 aromatic carbocycles. The van der Waals surface area contributed by atoms with Crippen LogP contribution in [0.2, 0.25) is 0 Å². The Hall–Kier alpha value is -2.10. The van der Waals surface area contributed by atoms with Gasteiger partial charge in [-0.15, -0.1) is 0 Å². The molecule has 3 nitrogen and oxygen atoms in total. The maximum absolute atomic E-state index is 13.9. The highest BCUT2D eigenvalue weighted by molar-refractivity contribution is 5.94. The number of rotatable bonds is 3. The Balaban J connectivity index is 2.19. The molecule has 0 bridgehead atoms. The lowest BCUT2D eigenvalue weighted by Crippen LogP contribution is -2.27. The van der Waals surface area contributed by atoms with Crippen molar-refractivity contribution in [2.24, 2.45) is 0 Å². The maximum atomic E-state index is 13.9. The summed E-state index contributed by atoms with van der Waals surface area (Å²) in [6, 6.07) is 6.44. The van der Waals surface area contributed by atoms with E-state index in [1.165, 1.54) is 6.07 Å². The minimum Gasteiger partial charge on any atom is -0.466 e. The highest BCUT2D eigenvalue weighted by Gasteiger charge is 2.18. The van der Waals surface area contributed by atoms with Gasteiger partial charge in [-0.25, -0.2) is 4.39 Å². The third-order valence-corrected chi connectivity index (χ3v) is 3.33. The van der Waals surface area contributed by atoms with Crippen LogP contribution in [0.5, 0.6) is 0 Å². The average molecular weight is 275 g/mol. The summed E-state index contributed by atoms with van der Waals surface area (Å²) in [6.45, 7) is 7.19. The number of hydrogen-bond donors (Lipinski definition) is 1. The van der Waals surface area contributed by atoms with Crippen molar-refractivity contribution < 1.29 is 13.6 Å². The van der Waals surface area contributed by atoms with Crippen LogP contribution in [0.15, 0.2) is 28.7 Å². The van der Waals surface area contributed by atoms with Crippen LogP contribution in [0.3, 0.4) is 0 Å². The third kappa shape index (κ3) is 2.74. The molecule has 1 heterocycles. The first-order valence-electron chi connectivity index (χ1n) is 6.53. The molecule has 2 rings (SSSR count). The van der Waals surface area contributed by atoms with Gasteiger partial charge in [-0.05, 0) is 45.4 Å². The minimum absolute atomic E-state index is 0.0646. The van der Waals surface area contributed by atoms with E-state index in [9.17, 15) is 9.18 Å². The van der Waals surface area contributed by atoms with Crippen LogP contribution in [-0.2, 0) is 0 Å². The first-order chi connectivity index (χ1) is 9.40. The summed E-state index contributed by atoms with van der Waals surface area (Å²) in [7, 11) is 0. The van der Waals surface area contributed by atoms with Gasteiger partial charge in [0.1, 0.15) is 17.3 Å². The lowest BCUT2D eigenvalue weighted by atomic mass is 10.1. The van der Waals surface area contributed by atoms with Gasteiger partial charge in [0, 0.05) is 5.56 Å². The van der Waals surface area contributed by atoms with E-state index in [1.807, 2.05) is 26.8 Å². The lowest BCUT2D eigenvalue weighted by molar-refractivity contribution is 0.0935. The molecular formula is C16H18FNO2. The topological polar surface area (TPSA) is 42.2 Å². The molecule has 0 aliphatic heterocycles. The van der Waals surface area contributed by atoms with Crippen LogP contribution in [0.25, 0.3) is 0 Å². The number of carbonyl (C=O) groups is 1. The predicted octanol–water partition coefficient (Wildman–Crippen LogP) is 3.83. The van der Waals surface area contributed by atoms with E-state index in [4.69, 9.17) is 4.42 Å². The average Bonchev–Trinajstić information content (AvgIpc) is 2.71. The van der Waals surface area contributed by atoms with Gasteiger partial charge in [0.2, 0.25) is 0 Å². The van der Waals surface area contributed by atoms with Crippen molar-refractivity contribution in [3.8, 4) is 0 Å². The molecule has 20 heavy (non-hydrogen) atoms. The molecule has 1 unspecified atom stereocenters. The van der Waals surface area contributed by atoms with Crippen molar-refractivity contribution in [2.75, 3.05) is 0 Å². The molecule has 1 N–H and O–H groups in total. The summed E-state index contributed by atoms with van der Waals surface area (Å²) in [6.07, 6.45) is 0. The summed E-state index contributed by atoms with van der Waals surface area (Å²) in [5.41, 5.74) is 1.43. The fraction of sp³-hybridized carbons (Fsp3) is 0.312. The van der Waals surface area contributed by atoms with Crippen LogP contribution in [0, 0.1) is 26.6 Å². The fourth-order valence-corrected chi connectivity index (χ4v) is 2.26. The van der Waals surface area contributed by atoms with Gasteiger partial charge < -0.3 is 9.73 Å². The van der Waals surface area contributed by atoms with E-state index >= 15 is 0 Å². The van der Waals surface area contributed by atoms with Gasteiger partial charge in [0.25, 0.3) is 5.91 Å². The second kappa shape index (κ2) is 5.49. The Kier molecular flexibility index (Phi) is 3.93. The van der Waals surface area contributed by atoms with E-state index in [-0.39, 0.29) is 11.6 Å². The SMILES string of the molecule is Cc1cc(C(C)NC(=O)c2cccc(C)c2F)c(C)o1. The molecule has 0 fully saturated rings. The van der Waals surface area contributed by atoms with Gasteiger partial charge in [-0.2, -0.15) is 0 Å². The Morgan fingerprint density at radius 3 is 2.60 bits per heavy atom. The number of hydrogen-bond acceptors (Lipinski definition) is 2. The molecule has 2 aromatic rings. The Morgan fingerprint density at radius 2 is 2.00 bits per heavy atom. The maximum Gasteiger partial charge on any atom is 0.254 e. The number of benzene rings is 1. The molecule has 1 aromatic heterocycles. The van der Waals surface area contributed by atoms with Crippen molar-refractivity contribution in [1.29, 1.82) is 0 Å². The molecule has 0 saturated heterocycles. The highest BCUT2D eigenvalue weighted by Crippen LogP contribution is 2.22. The molecule has 0 aliphatic carbocycles. The van der Waals surface area contributed by atoms with Crippen molar-refractivity contribution in [3.05, 3.63) is 58.3 Å². The Bertz CT molecular complexity index is 646. The lowest BCUT2D eigenvalue weighted by Gasteiger charge is -2.14. The number of amides is 1. The molecule has 0 saturated carbocycles. The van der Waals surface area contributed by atoms with Crippen LogP contribution in [0.4, 0.5) is 4.39 Å². The number of aryl methyl sites for hydroxylation is 3. The van der Waals surface area contributed by atoms with Crippen LogP contribution in [-0.4, -0.2) is 5.91 Å². The second-order valence-electron chi connectivity index (χ2n) is 5.00.